The van der Waals surface area contributed by atoms with Gasteiger partial charge in [0.15, 0.2) is 11.2 Å². The maximum Gasteiger partial charge on any atom is 0.159 e. The molecule has 0 aliphatic heterocycles. The standard InChI is InChI=1S/C66H60N2O2/c1-39-20-12-14-28-52(39)67(54-30-18-24-46-44-22-16-26-50(65(6,7)8)60(44)69-62(46)54)56-38-57(49-35-33-42-37-43(64(3,4)5)36-41-32-34-48(56)59(49)58(41)42)68(53-29-15-13-21-40(53)2)55-31-19-25-47-45-23-17-27-51(66(9,10)11)61(45)70-63(47)55/h12-38H,1-11H3. The number of aryl methyl sites for hydroxylation is 2. The number of fused-ring (bicyclic) bond motifs is 6. The topological polar surface area (TPSA) is 32.8 Å². The molecule has 0 aliphatic carbocycles. The first-order valence-electron chi connectivity index (χ1n) is 24.8. The summed E-state index contributed by atoms with van der Waals surface area (Å²) in [4.78, 5) is 4.94. The predicted octanol–water partition coefficient (Wildman–Crippen LogP) is 19.8. The first-order valence-corrected chi connectivity index (χ1v) is 24.8. The number of nitrogens with zero attached hydrogens (tertiary/aromatic N) is 2. The van der Waals surface area contributed by atoms with Crippen molar-refractivity contribution >= 4 is 110 Å². The number of hydrogen-bond acceptors (Lipinski definition) is 4. The van der Waals surface area contributed by atoms with Gasteiger partial charge in [0.2, 0.25) is 0 Å². The number of furan rings is 2. The van der Waals surface area contributed by atoms with E-state index in [0.29, 0.717) is 0 Å². The van der Waals surface area contributed by atoms with E-state index >= 15 is 0 Å². The average Bonchev–Trinajstić information content (AvgIpc) is 3.91. The van der Waals surface area contributed by atoms with Gasteiger partial charge in [0.05, 0.1) is 22.7 Å². The number of rotatable bonds is 6. The molecule has 2 aromatic heterocycles. The molecule has 0 unspecified atom stereocenters. The Morgan fingerprint density at radius 3 is 1.10 bits per heavy atom. The average molecular weight is 913 g/mol. The maximum atomic E-state index is 7.25. The fraction of sp³-hybridized carbons (Fsp3) is 0.212. The number of hydrogen-bond donors (Lipinski definition) is 0. The van der Waals surface area contributed by atoms with Crippen molar-refractivity contribution < 1.29 is 8.83 Å². The summed E-state index contributed by atoms with van der Waals surface area (Å²) in [6, 6.07) is 60.7. The zero-order chi connectivity index (χ0) is 48.6. The molecule has 0 amide bonds. The third kappa shape index (κ3) is 6.71. The summed E-state index contributed by atoms with van der Waals surface area (Å²) >= 11 is 0. The SMILES string of the molecule is Cc1ccccc1N(c1cc(N(c2ccccc2C)c2cccc3c2oc2c(C(C)(C)C)cccc23)c2ccc3cc(C(C)(C)C)cc4ccc1c2c43)c1cccc2c1oc1c(C(C)(C)C)cccc12. The summed E-state index contributed by atoms with van der Waals surface area (Å²) in [6.45, 7) is 25.0. The number of anilines is 6. The van der Waals surface area contributed by atoms with Crippen molar-refractivity contribution in [3.05, 3.63) is 192 Å². The van der Waals surface area contributed by atoms with Gasteiger partial charge in [0.1, 0.15) is 11.2 Å². The minimum atomic E-state index is -0.118. The normalized spacial score (nSPS) is 12.8. The molecule has 0 saturated carbocycles. The first-order chi connectivity index (χ1) is 33.5. The van der Waals surface area contributed by atoms with E-state index in [2.05, 4.69) is 250 Å². The zero-order valence-electron chi connectivity index (χ0n) is 42.3. The van der Waals surface area contributed by atoms with Crippen molar-refractivity contribution in [3.8, 4) is 0 Å². The van der Waals surface area contributed by atoms with Gasteiger partial charge in [0, 0.05) is 60.2 Å². The van der Waals surface area contributed by atoms with Crippen LogP contribution in [-0.2, 0) is 16.2 Å². The van der Waals surface area contributed by atoms with Crippen LogP contribution in [0.4, 0.5) is 34.1 Å². The lowest BCUT2D eigenvalue weighted by molar-refractivity contribution is 0.572. The van der Waals surface area contributed by atoms with Gasteiger partial charge in [-0.2, -0.15) is 0 Å². The molecule has 2 heterocycles. The quantitative estimate of drug-likeness (QED) is 0.156. The Hall–Kier alpha value is -7.56. The summed E-state index contributed by atoms with van der Waals surface area (Å²) in [6.07, 6.45) is 0. The van der Waals surface area contributed by atoms with Gasteiger partial charge < -0.3 is 18.6 Å². The van der Waals surface area contributed by atoms with Crippen LogP contribution in [0.3, 0.4) is 0 Å². The highest BCUT2D eigenvalue weighted by Gasteiger charge is 2.31. The first kappa shape index (κ1) is 43.7. The van der Waals surface area contributed by atoms with Gasteiger partial charge in [-0.05, 0) is 93.3 Å². The van der Waals surface area contributed by atoms with Gasteiger partial charge in [0.25, 0.3) is 0 Å². The Bertz CT molecular complexity index is 3800. The molecular weight excluding hydrogens is 853 g/mol. The van der Waals surface area contributed by atoms with Crippen LogP contribution in [0.2, 0.25) is 0 Å². The van der Waals surface area contributed by atoms with E-state index in [9.17, 15) is 0 Å². The lowest BCUT2D eigenvalue weighted by Gasteiger charge is -2.33. The summed E-state index contributed by atoms with van der Waals surface area (Å²) in [5.74, 6) is 0. The Morgan fingerprint density at radius 1 is 0.314 bits per heavy atom. The van der Waals surface area contributed by atoms with Crippen LogP contribution < -0.4 is 9.80 Å². The minimum Gasteiger partial charge on any atom is -0.454 e. The molecule has 0 N–H and O–H groups in total. The summed E-state index contributed by atoms with van der Waals surface area (Å²) < 4.78 is 14.5. The van der Waals surface area contributed by atoms with Crippen LogP contribution in [0.5, 0.6) is 0 Å². The molecule has 0 atom stereocenters. The van der Waals surface area contributed by atoms with E-state index in [-0.39, 0.29) is 16.2 Å². The van der Waals surface area contributed by atoms with Gasteiger partial charge in [-0.25, -0.2) is 0 Å². The summed E-state index contributed by atoms with van der Waals surface area (Å²) in [7, 11) is 0. The van der Waals surface area contributed by atoms with Crippen molar-refractivity contribution in [1.29, 1.82) is 0 Å². The highest BCUT2D eigenvalue weighted by Crippen LogP contribution is 2.54. The highest BCUT2D eigenvalue weighted by molar-refractivity contribution is 6.30. The second-order valence-corrected chi connectivity index (χ2v) is 22.7. The van der Waals surface area contributed by atoms with Gasteiger partial charge in [-0.3, -0.25) is 0 Å². The van der Waals surface area contributed by atoms with Crippen molar-refractivity contribution in [2.75, 3.05) is 9.80 Å². The van der Waals surface area contributed by atoms with Crippen LogP contribution >= 0.6 is 0 Å². The van der Waals surface area contributed by atoms with E-state index in [0.717, 1.165) is 99.9 Å². The zero-order valence-corrected chi connectivity index (χ0v) is 42.3. The Labute approximate surface area is 411 Å². The van der Waals surface area contributed by atoms with E-state index in [1.807, 2.05) is 0 Å². The van der Waals surface area contributed by atoms with Crippen molar-refractivity contribution in [2.24, 2.45) is 0 Å². The van der Waals surface area contributed by atoms with Crippen LogP contribution in [0.1, 0.15) is 90.1 Å². The monoisotopic (exact) mass is 912 g/mol. The lowest BCUT2D eigenvalue weighted by Crippen LogP contribution is -2.16. The molecule has 0 saturated heterocycles. The fourth-order valence-electron chi connectivity index (χ4n) is 11.2. The Morgan fingerprint density at radius 2 is 0.700 bits per heavy atom. The molecule has 4 nitrogen and oxygen atoms in total. The number of benzene rings is 10. The van der Waals surface area contributed by atoms with Crippen LogP contribution in [0, 0.1) is 13.8 Å². The molecular formula is C66H60N2O2. The molecule has 12 aromatic rings. The summed E-state index contributed by atoms with van der Waals surface area (Å²) in [5, 5.41) is 11.7. The van der Waals surface area contributed by atoms with Crippen LogP contribution in [0.15, 0.2) is 173 Å². The third-order valence-corrected chi connectivity index (χ3v) is 14.8. The van der Waals surface area contributed by atoms with Crippen molar-refractivity contribution in [1.82, 2.24) is 0 Å². The van der Waals surface area contributed by atoms with Gasteiger partial charge >= 0.3 is 0 Å². The molecule has 70 heavy (non-hydrogen) atoms. The van der Waals surface area contributed by atoms with E-state index < -0.39 is 0 Å². The molecule has 12 rings (SSSR count). The van der Waals surface area contributed by atoms with Crippen LogP contribution in [0.25, 0.3) is 76.2 Å². The second kappa shape index (κ2) is 15.5. The Kier molecular flexibility index (Phi) is 9.66. The molecule has 4 heteroatoms. The molecule has 0 aliphatic rings. The minimum absolute atomic E-state index is 0.0275. The van der Waals surface area contributed by atoms with Crippen LogP contribution in [-0.4, -0.2) is 0 Å². The van der Waals surface area contributed by atoms with Gasteiger partial charge in [-0.1, -0.05) is 196 Å². The predicted molar refractivity (Wildman–Crippen MR) is 300 cm³/mol. The summed E-state index contributed by atoms with van der Waals surface area (Å²) in [5.41, 5.74) is 15.6. The number of para-hydroxylation sites is 6. The molecule has 0 fully saturated rings. The fourth-order valence-corrected chi connectivity index (χ4v) is 11.2. The third-order valence-electron chi connectivity index (χ3n) is 14.8. The van der Waals surface area contributed by atoms with Crippen molar-refractivity contribution in [3.63, 3.8) is 0 Å². The molecule has 0 radical (unpaired) electrons. The second-order valence-electron chi connectivity index (χ2n) is 22.7. The molecule has 0 bridgehead atoms. The van der Waals surface area contributed by atoms with E-state index in [1.54, 1.807) is 0 Å². The Balaban J connectivity index is 1.25. The highest BCUT2D eigenvalue weighted by atomic mass is 16.3. The van der Waals surface area contributed by atoms with E-state index in [4.69, 9.17) is 8.83 Å². The van der Waals surface area contributed by atoms with Crippen molar-refractivity contribution in [2.45, 2.75) is 92.4 Å². The molecule has 10 aromatic carbocycles. The largest absolute Gasteiger partial charge is 0.454 e. The molecule has 0 spiro atoms. The lowest BCUT2D eigenvalue weighted by atomic mass is 9.83. The maximum absolute atomic E-state index is 7.25. The molecule has 346 valence electrons. The van der Waals surface area contributed by atoms with E-state index in [1.165, 1.54) is 38.2 Å². The smallest absolute Gasteiger partial charge is 0.159 e. The van der Waals surface area contributed by atoms with Gasteiger partial charge in [-0.15, -0.1) is 0 Å².